The summed E-state index contributed by atoms with van der Waals surface area (Å²) >= 11 is 0. The Bertz CT molecular complexity index is 510. The molecule has 6 heteroatoms. The fourth-order valence-corrected chi connectivity index (χ4v) is 3.63. The summed E-state index contributed by atoms with van der Waals surface area (Å²) in [6.45, 7) is 0. The molecular weight excluding hydrogens is 243 g/mol. The molecule has 0 aliphatic heterocycles. The van der Waals surface area contributed by atoms with Gasteiger partial charge >= 0.3 is 0 Å². The third-order valence-corrected chi connectivity index (χ3v) is 4.87. The zero-order valence-corrected chi connectivity index (χ0v) is 10.1. The standard InChI is InChI=1S/C11H15FN2O2S/c12-10-6-5-8(7-11(10)13)14-17(15,16)9-3-1-2-4-9/h5-7,9,14H,1-4,13H2. The van der Waals surface area contributed by atoms with Crippen LogP contribution in [0.15, 0.2) is 18.2 Å². The molecule has 0 radical (unpaired) electrons. The summed E-state index contributed by atoms with van der Waals surface area (Å²) in [4.78, 5) is 0. The number of anilines is 2. The predicted octanol–water partition coefficient (Wildman–Crippen LogP) is 2.09. The monoisotopic (exact) mass is 258 g/mol. The number of nitrogens with two attached hydrogens (primary N) is 1. The van der Waals surface area contributed by atoms with E-state index in [1.54, 1.807) is 0 Å². The molecule has 0 aromatic heterocycles. The van der Waals surface area contributed by atoms with Crippen molar-refractivity contribution in [3.8, 4) is 0 Å². The zero-order chi connectivity index (χ0) is 12.5. The van der Waals surface area contributed by atoms with E-state index < -0.39 is 15.8 Å². The van der Waals surface area contributed by atoms with Crippen LogP contribution in [0.2, 0.25) is 0 Å². The molecule has 17 heavy (non-hydrogen) atoms. The molecule has 0 unspecified atom stereocenters. The summed E-state index contributed by atoms with van der Waals surface area (Å²) in [5, 5.41) is -0.339. The van der Waals surface area contributed by atoms with Crippen LogP contribution in [-0.2, 0) is 10.0 Å². The molecule has 1 aromatic carbocycles. The quantitative estimate of drug-likeness (QED) is 0.815. The van der Waals surface area contributed by atoms with Crippen LogP contribution in [0.1, 0.15) is 25.7 Å². The van der Waals surface area contributed by atoms with Gasteiger partial charge in [-0.1, -0.05) is 12.8 Å². The fourth-order valence-electron chi connectivity index (χ4n) is 2.05. The number of benzene rings is 1. The molecule has 3 N–H and O–H groups in total. The molecule has 1 fully saturated rings. The largest absolute Gasteiger partial charge is 0.396 e. The zero-order valence-electron chi connectivity index (χ0n) is 9.32. The van der Waals surface area contributed by atoms with E-state index >= 15 is 0 Å². The summed E-state index contributed by atoms with van der Waals surface area (Å²) in [6, 6.07) is 3.82. The third kappa shape index (κ3) is 2.69. The Morgan fingerprint density at radius 2 is 1.94 bits per heavy atom. The van der Waals surface area contributed by atoms with Crippen LogP contribution in [0.3, 0.4) is 0 Å². The molecule has 4 nitrogen and oxygen atoms in total. The predicted molar refractivity (Wildman–Crippen MR) is 65.6 cm³/mol. The molecule has 0 saturated heterocycles. The number of sulfonamides is 1. The van der Waals surface area contributed by atoms with E-state index in [1.165, 1.54) is 12.1 Å². The average molecular weight is 258 g/mol. The molecule has 1 aliphatic rings. The number of rotatable bonds is 3. The van der Waals surface area contributed by atoms with E-state index in [-0.39, 0.29) is 10.9 Å². The normalized spacial score (nSPS) is 17.2. The van der Waals surface area contributed by atoms with Crippen molar-refractivity contribution < 1.29 is 12.8 Å². The number of nitrogens with one attached hydrogen (secondary N) is 1. The number of hydrogen-bond donors (Lipinski definition) is 2. The number of hydrogen-bond acceptors (Lipinski definition) is 3. The summed E-state index contributed by atoms with van der Waals surface area (Å²) in [5.74, 6) is -0.547. The molecule has 94 valence electrons. The highest BCUT2D eigenvalue weighted by Gasteiger charge is 2.28. The first-order valence-corrected chi connectivity index (χ1v) is 7.10. The minimum absolute atomic E-state index is 0.0587. The Balaban J connectivity index is 2.17. The van der Waals surface area contributed by atoms with Crippen molar-refractivity contribution in [2.24, 2.45) is 0 Å². The van der Waals surface area contributed by atoms with Crippen molar-refractivity contribution in [3.05, 3.63) is 24.0 Å². The molecule has 0 heterocycles. The number of nitrogen functional groups attached to an aromatic ring is 1. The lowest BCUT2D eigenvalue weighted by Crippen LogP contribution is -2.25. The van der Waals surface area contributed by atoms with Crippen LogP contribution < -0.4 is 10.5 Å². The second-order valence-electron chi connectivity index (χ2n) is 4.29. The maximum atomic E-state index is 12.9. The van der Waals surface area contributed by atoms with Gasteiger partial charge in [0, 0.05) is 0 Å². The smallest absolute Gasteiger partial charge is 0.235 e. The summed E-state index contributed by atoms with van der Waals surface area (Å²) < 4.78 is 39.3. The Labute approximate surface area is 100 Å². The molecule has 0 amide bonds. The lowest BCUT2D eigenvalue weighted by Gasteiger charge is -2.13. The minimum atomic E-state index is -3.37. The highest BCUT2D eigenvalue weighted by Crippen LogP contribution is 2.26. The van der Waals surface area contributed by atoms with E-state index in [9.17, 15) is 12.8 Å². The maximum Gasteiger partial charge on any atom is 0.235 e. The first-order valence-electron chi connectivity index (χ1n) is 5.56. The van der Waals surface area contributed by atoms with Crippen molar-refractivity contribution in [2.75, 3.05) is 10.5 Å². The summed E-state index contributed by atoms with van der Waals surface area (Å²) in [6.07, 6.45) is 3.26. The van der Waals surface area contributed by atoms with Gasteiger partial charge in [-0.25, -0.2) is 12.8 Å². The Morgan fingerprint density at radius 1 is 1.29 bits per heavy atom. The van der Waals surface area contributed by atoms with E-state index in [0.29, 0.717) is 18.5 Å². The number of halogens is 1. The summed E-state index contributed by atoms with van der Waals surface area (Å²) in [7, 11) is -3.37. The maximum absolute atomic E-state index is 12.9. The molecule has 0 atom stereocenters. The first-order chi connectivity index (χ1) is 7.99. The molecule has 1 saturated carbocycles. The van der Waals surface area contributed by atoms with E-state index in [0.717, 1.165) is 18.9 Å². The Kier molecular flexibility index (Phi) is 3.24. The van der Waals surface area contributed by atoms with Gasteiger partial charge in [0.15, 0.2) is 0 Å². The van der Waals surface area contributed by atoms with Crippen LogP contribution >= 0.6 is 0 Å². The second kappa shape index (κ2) is 4.52. The van der Waals surface area contributed by atoms with E-state index in [4.69, 9.17) is 5.73 Å². The molecule has 1 aromatic rings. The second-order valence-corrected chi connectivity index (χ2v) is 6.25. The first kappa shape index (κ1) is 12.2. The van der Waals surface area contributed by atoms with Crippen molar-refractivity contribution in [1.29, 1.82) is 0 Å². The van der Waals surface area contributed by atoms with Gasteiger partial charge in [0.1, 0.15) is 5.82 Å². The van der Waals surface area contributed by atoms with Crippen molar-refractivity contribution in [1.82, 2.24) is 0 Å². The highest BCUT2D eigenvalue weighted by atomic mass is 32.2. The van der Waals surface area contributed by atoms with E-state index in [2.05, 4.69) is 4.72 Å². The topological polar surface area (TPSA) is 72.2 Å². The third-order valence-electron chi connectivity index (χ3n) is 3.00. The molecule has 0 spiro atoms. The Hall–Kier alpha value is -1.30. The lowest BCUT2D eigenvalue weighted by molar-refractivity contribution is 0.585. The van der Waals surface area contributed by atoms with Crippen LogP contribution in [0.5, 0.6) is 0 Å². The Morgan fingerprint density at radius 3 is 2.53 bits per heavy atom. The molecule has 0 bridgehead atoms. The van der Waals surface area contributed by atoms with Gasteiger partial charge in [0.05, 0.1) is 16.6 Å². The van der Waals surface area contributed by atoms with Crippen LogP contribution in [0.4, 0.5) is 15.8 Å². The highest BCUT2D eigenvalue weighted by molar-refractivity contribution is 7.93. The van der Waals surface area contributed by atoms with E-state index in [1.807, 2.05) is 0 Å². The van der Waals surface area contributed by atoms with Gasteiger partial charge in [0.2, 0.25) is 10.0 Å². The molecule has 2 rings (SSSR count). The minimum Gasteiger partial charge on any atom is -0.396 e. The van der Waals surface area contributed by atoms with Crippen LogP contribution in [0, 0.1) is 5.82 Å². The van der Waals surface area contributed by atoms with Crippen molar-refractivity contribution in [3.63, 3.8) is 0 Å². The molecule has 1 aliphatic carbocycles. The average Bonchev–Trinajstić information content (AvgIpc) is 2.77. The summed E-state index contributed by atoms with van der Waals surface area (Å²) in [5.41, 5.74) is 5.64. The SMILES string of the molecule is Nc1cc(NS(=O)(=O)C2CCCC2)ccc1F. The fraction of sp³-hybridized carbons (Fsp3) is 0.455. The van der Waals surface area contributed by atoms with Gasteiger partial charge in [-0.05, 0) is 31.0 Å². The van der Waals surface area contributed by atoms with Crippen molar-refractivity contribution >= 4 is 21.4 Å². The molecular formula is C11H15FN2O2S. The van der Waals surface area contributed by atoms with Crippen LogP contribution in [0.25, 0.3) is 0 Å². The van der Waals surface area contributed by atoms with Gasteiger partial charge in [-0.15, -0.1) is 0 Å². The van der Waals surface area contributed by atoms with Crippen LogP contribution in [-0.4, -0.2) is 13.7 Å². The van der Waals surface area contributed by atoms with Crippen molar-refractivity contribution in [2.45, 2.75) is 30.9 Å². The van der Waals surface area contributed by atoms with Gasteiger partial charge < -0.3 is 5.73 Å². The van der Waals surface area contributed by atoms with Gasteiger partial charge in [-0.3, -0.25) is 4.72 Å². The van der Waals surface area contributed by atoms with Gasteiger partial charge in [-0.2, -0.15) is 0 Å². The lowest BCUT2D eigenvalue weighted by atomic mass is 10.3. The van der Waals surface area contributed by atoms with Gasteiger partial charge in [0.25, 0.3) is 0 Å².